The highest BCUT2D eigenvalue weighted by atomic mass is 16.5. The molecule has 3 heteroatoms. The van der Waals surface area contributed by atoms with Gasteiger partial charge in [0.1, 0.15) is 5.78 Å². The lowest BCUT2D eigenvalue weighted by Crippen LogP contribution is -2.13. The molecular formula is C12H15NO2. The summed E-state index contributed by atoms with van der Waals surface area (Å²) in [7, 11) is 1.64. The molecule has 1 heterocycles. The molecule has 1 fully saturated rings. The summed E-state index contributed by atoms with van der Waals surface area (Å²) in [6.07, 6.45) is 4.99. The SMILES string of the molecule is COc1ncccc1C1CCC(=O)CC1. The molecule has 0 radical (unpaired) electrons. The summed E-state index contributed by atoms with van der Waals surface area (Å²) in [6.45, 7) is 0. The molecule has 0 saturated heterocycles. The molecule has 1 aliphatic rings. The predicted octanol–water partition coefficient (Wildman–Crippen LogP) is 2.32. The van der Waals surface area contributed by atoms with Gasteiger partial charge in [-0.3, -0.25) is 4.79 Å². The lowest BCUT2D eigenvalue weighted by atomic mass is 9.84. The average molecular weight is 205 g/mol. The summed E-state index contributed by atoms with van der Waals surface area (Å²) in [5.74, 6) is 1.53. The van der Waals surface area contributed by atoms with Crippen LogP contribution in [0.5, 0.6) is 5.88 Å². The Kier molecular flexibility index (Phi) is 2.99. The smallest absolute Gasteiger partial charge is 0.216 e. The number of ketones is 1. The second-order valence-corrected chi connectivity index (χ2v) is 3.91. The van der Waals surface area contributed by atoms with Crippen LogP contribution in [-0.4, -0.2) is 17.9 Å². The first-order chi connectivity index (χ1) is 7.31. The fraction of sp³-hybridized carbons (Fsp3) is 0.500. The Hall–Kier alpha value is -1.38. The first-order valence-corrected chi connectivity index (χ1v) is 5.32. The minimum Gasteiger partial charge on any atom is -0.481 e. The number of ether oxygens (including phenoxy) is 1. The molecule has 0 spiro atoms. The van der Waals surface area contributed by atoms with Crippen LogP contribution in [0.3, 0.4) is 0 Å². The molecule has 3 nitrogen and oxygen atoms in total. The van der Waals surface area contributed by atoms with Crippen molar-refractivity contribution >= 4 is 5.78 Å². The predicted molar refractivity (Wildman–Crippen MR) is 57.0 cm³/mol. The summed E-state index contributed by atoms with van der Waals surface area (Å²) >= 11 is 0. The van der Waals surface area contributed by atoms with Crippen molar-refractivity contribution in [2.24, 2.45) is 0 Å². The van der Waals surface area contributed by atoms with Crippen LogP contribution in [0.1, 0.15) is 37.2 Å². The maximum atomic E-state index is 11.1. The fourth-order valence-corrected chi connectivity index (χ4v) is 2.14. The molecule has 0 atom stereocenters. The number of carbonyl (C=O) groups is 1. The van der Waals surface area contributed by atoms with Gasteiger partial charge in [0.15, 0.2) is 0 Å². The average Bonchev–Trinajstić information content (AvgIpc) is 2.30. The van der Waals surface area contributed by atoms with Gasteiger partial charge in [-0.15, -0.1) is 0 Å². The molecule has 0 amide bonds. The second-order valence-electron chi connectivity index (χ2n) is 3.91. The third kappa shape index (κ3) is 2.17. The van der Waals surface area contributed by atoms with Crippen LogP contribution in [0, 0.1) is 0 Å². The minimum atomic E-state index is 0.383. The Morgan fingerprint density at radius 1 is 1.40 bits per heavy atom. The zero-order valence-electron chi connectivity index (χ0n) is 8.90. The molecule has 1 aromatic rings. The fourth-order valence-electron chi connectivity index (χ4n) is 2.14. The minimum absolute atomic E-state index is 0.383. The van der Waals surface area contributed by atoms with E-state index in [1.165, 1.54) is 0 Å². The first-order valence-electron chi connectivity index (χ1n) is 5.32. The maximum absolute atomic E-state index is 11.1. The summed E-state index contributed by atoms with van der Waals surface area (Å²) in [6, 6.07) is 3.97. The Bertz CT molecular complexity index is 352. The van der Waals surface area contributed by atoms with E-state index in [2.05, 4.69) is 4.98 Å². The quantitative estimate of drug-likeness (QED) is 0.743. The summed E-state index contributed by atoms with van der Waals surface area (Å²) in [4.78, 5) is 15.3. The van der Waals surface area contributed by atoms with Crippen LogP contribution < -0.4 is 4.74 Å². The van der Waals surface area contributed by atoms with Gasteiger partial charge >= 0.3 is 0 Å². The highest BCUT2D eigenvalue weighted by molar-refractivity contribution is 5.79. The number of nitrogens with zero attached hydrogens (tertiary/aromatic N) is 1. The van der Waals surface area contributed by atoms with E-state index in [4.69, 9.17) is 4.74 Å². The van der Waals surface area contributed by atoms with Crippen LogP contribution in [0.4, 0.5) is 0 Å². The van der Waals surface area contributed by atoms with Gasteiger partial charge in [0.05, 0.1) is 7.11 Å². The number of pyridine rings is 1. The summed E-state index contributed by atoms with van der Waals surface area (Å²) in [5.41, 5.74) is 1.15. The van der Waals surface area contributed by atoms with Crippen molar-refractivity contribution < 1.29 is 9.53 Å². The van der Waals surface area contributed by atoms with Crippen molar-refractivity contribution in [3.63, 3.8) is 0 Å². The van der Waals surface area contributed by atoms with E-state index in [1.54, 1.807) is 13.3 Å². The number of hydrogen-bond donors (Lipinski definition) is 0. The number of rotatable bonds is 2. The number of carbonyl (C=O) groups excluding carboxylic acids is 1. The standard InChI is InChI=1S/C12H15NO2/c1-15-12-11(3-2-8-13-12)9-4-6-10(14)7-5-9/h2-3,8-9H,4-7H2,1H3. The van der Waals surface area contributed by atoms with E-state index in [9.17, 15) is 4.79 Å². The van der Waals surface area contributed by atoms with Crippen LogP contribution >= 0.6 is 0 Å². The molecule has 1 aromatic heterocycles. The number of hydrogen-bond acceptors (Lipinski definition) is 3. The van der Waals surface area contributed by atoms with Gasteiger partial charge in [0.25, 0.3) is 0 Å². The van der Waals surface area contributed by atoms with Crippen LogP contribution in [0.15, 0.2) is 18.3 Å². The van der Waals surface area contributed by atoms with E-state index in [0.717, 1.165) is 18.4 Å². The van der Waals surface area contributed by atoms with Crippen molar-refractivity contribution in [3.8, 4) is 5.88 Å². The van der Waals surface area contributed by atoms with Crippen LogP contribution in [0.25, 0.3) is 0 Å². The molecule has 0 unspecified atom stereocenters. The maximum Gasteiger partial charge on any atom is 0.216 e. The van der Waals surface area contributed by atoms with Crippen LogP contribution in [0.2, 0.25) is 0 Å². The number of methoxy groups -OCH3 is 1. The van der Waals surface area contributed by atoms with Gasteiger partial charge in [-0.2, -0.15) is 0 Å². The first kappa shape index (κ1) is 10.1. The van der Waals surface area contributed by atoms with E-state index >= 15 is 0 Å². The van der Waals surface area contributed by atoms with Crippen molar-refractivity contribution in [1.29, 1.82) is 0 Å². The summed E-state index contributed by atoms with van der Waals surface area (Å²) < 4.78 is 5.23. The third-order valence-corrected chi connectivity index (χ3v) is 2.98. The molecule has 1 saturated carbocycles. The van der Waals surface area contributed by atoms with Crippen LogP contribution in [-0.2, 0) is 4.79 Å². The van der Waals surface area contributed by atoms with Gasteiger partial charge < -0.3 is 4.74 Å². The van der Waals surface area contributed by atoms with E-state index in [0.29, 0.717) is 30.4 Å². The molecule has 15 heavy (non-hydrogen) atoms. The topological polar surface area (TPSA) is 39.2 Å². The van der Waals surface area contributed by atoms with Crippen molar-refractivity contribution in [1.82, 2.24) is 4.98 Å². The van der Waals surface area contributed by atoms with Gasteiger partial charge in [-0.05, 0) is 24.8 Å². The molecule has 0 aliphatic heterocycles. The second kappa shape index (κ2) is 4.43. The Labute approximate surface area is 89.5 Å². The van der Waals surface area contributed by atoms with E-state index in [1.807, 2.05) is 12.1 Å². The molecular weight excluding hydrogens is 190 g/mol. The van der Waals surface area contributed by atoms with Crippen molar-refractivity contribution in [2.45, 2.75) is 31.6 Å². The Morgan fingerprint density at radius 2 is 2.13 bits per heavy atom. The lowest BCUT2D eigenvalue weighted by molar-refractivity contribution is -0.120. The molecule has 1 aliphatic carbocycles. The molecule has 80 valence electrons. The molecule has 0 aromatic carbocycles. The van der Waals surface area contributed by atoms with Gasteiger partial charge in [0, 0.05) is 24.6 Å². The highest BCUT2D eigenvalue weighted by Crippen LogP contribution is 2.34. The van der Waals surface area contributed by atoms with Gasteiger partial charge in [-0.25, -0.2) is 4.98 Å². The Balaban J connectivity index is 2.18. The largest absolute Gasteiger partial charge is 0.481 e. The molecule has 0 bridgehead atoms. The molecule has 2 rings (SSSR count). The molecule has 0 N–H and O–H groups in total. The lowest BCUT2D eigenvalue weighted by Gasteiger charge is -2.22. The highest BCUT2D eigenvalue weighted by Gasteiger charge is 2.22. The number of Topliss-reactive ketones (excluding diaryl/α,β-unsaturated/α-hetero) is 1. The van der Waals surface area contributed by atoms with Crippen molar-refractivity contribution in [3.05, 3.63) is 23.9 Å². The van der Waals surface area contributed by atoms with E-state index in [-0.39, 0.29) is 0 Å². The Morgan fingerprint density at radius 3 is 2.80 bits per heavy atom. The summed E-state index contributed by atoms with van der Waals surface area (Å²) in [5, 5.41) is 0. The third-order valence-electron chi connectivity index (χ3n) is 2.98. The zero-order chi connectivity index (χ0) is 10.7. The van der Waals surface area contributed by atoms with E-state index < -0.39 is 0 Å². The van der Waals surface area contributed by atoms with Crippen molar-refractivity contribution in [2.75, 3.05) is 7.11 Å². The number of aromatic nitrogens is 1. The monoisotopic (exact) mass is 205 g/mol. The zero-order valence-corrected chi connectivity index (χ0v) is 8.90. The van der Waals surface area contributed by atoms with Gasteiger partial charge in [-0.1, -0.05) is 6.07 Å². The normalized spacial score (nSPS) is 17.8. The van der Waals surface area contributed by atoms with Gasteiger partial charge in [0.2, 0.25) is 5.88 Å².